The van der Waals surface area contributed by atoms with Crippen LogP contribution in [0.4, 0.5) is 17.2 Å². The number of hydrogen-bond acceptors (Lipinski definition) is 4. The molecule has 21 heavy (non-hydrogen) atoms. The Hall–Kier alpha value is -2.47. The molecule has 0 saturated heterocycles. The molecule has 6 heteroatoms. The van der Waals surface area contributed by atoms with Gasteiger partial charge >= 0.3 is 0 Å². The standard InChI is InChI=1S/C15H16N4OS/c1-9-7-8-17-15(13(9)14(16)21)19-12-5-3-11(4-6-12)18-10(2)20/h3-8H,1-2H3,(H2,16,21)(H,17,19)(H,18,20). The van der Waals surface area contributed by atoms with Crippen LogP contribution in [0.1, 0.15) is 18.1 Å². The number of anilines is 3. The summed E-state index contributed by atoms with van der Waals surface area (Å²) in [5.41, 5.74) is 9.02. The molecule has 5 nitrogen and oxygen atoms in total. The van der Waals surface area contributed by atoms with Crippen molar-refractivity contribution in [1.29, 1.82) is 0 Å². The van der Waals surface area contributed by atoms with Gasteiger partial charge in [-0.25, -0.2) is 4.98 Å². The summed E-state index contributed by atoms with van der Waals surface area (Å²) in [6, 6.07) is 9.16. The fourth-order valence-corrected chi connectivity index (χ4v) is 2.20. The van der Waals surface area contributed by atoms with Crippen LogP contribution in [-0.2, 0) is 4.79 Å². The molecule has 0 aliphatic heterocycles. The molecule has 0 spiro atoms. The van der Waals surface area contributed by atoms with Crippen LogP contribution in [0.15, 0.2) is 36.5 Å². The number of carbonyl (C=O) groups excluding carboxylic acids is 1. The zero-order valence-electron chi connectivity index (χ0n) is 11.8. The summed E-state index contributed by atoms with van der Waals surface area (Å²) in [6.07, 6.45) is 1.70. The lowest BCUT2D eigenvalue weighted by molar-refractivity contribution is -0.114. The second kappa shape index (κ2) is 6.32. The van der Waals surface area contributed by atoms with Gasteiger partial charge in [-0.05, 0) is 42.8 Å². The third kappa shape index (κ3) is 3.76. The van der Waals surface area contributed by atoms with Crippen molar-refractivity contribution in [3.8, 4) is 0 Å². The Bertz CT molecular complexity index is 683. The highest BCUT2D eigenvalue weighted by molar-refractivity contribution is 7.80. The lowest BCUT2D eigenvalue weighted by Gasteiger charge is -2.12. The maximum atomic E-state index is 11.0. The van der Waals surface area contributed by atoms with Gasteiger partial charge in [0.15, 0.2) is 0 Å². The molecule has 0 bridgehead atoms. The number of nitrogens with two attached hydrogens (primary N) is 1. The van der Waals surface area contributed by atoms with Gasteiger partial charge in [0.1, 0.15) is 10.8 Å². The molecule has 0 aliphatic rings. The van der Waals surface area contributed by atoms with E-state index in [0.717, 1.165) is 22.5 Å². The topological polar surface area (TPSA) is 80.0 Å². The van der Waals surface area contributed by atoms with E-state index in [4.69, 9.17) is 18.0 Å². The zero-order chi connectivity index (χ0) is 15.4. The second-order valence-electron chi connectivity index (χ2n) is 4.60. The van der Waals surface area contributed by atoms with E-state index in [-0.39, 0.29) is 5.91 Å². The number of carbonyl (C=O) groups is 1. The molecular formula is C15H16N4OS. The SMILES string of the molecule is CC(=O)Nc1ccc(Nc2nccc(C)c2C(N)=S)cc1. The molecule has 108 valence electrons. The minimum atomic E-state index is -0.105. The Balaban J connectivity index is 2.24. The number of thiocarbonyl (C=S) groups is 1. The molecule has 1 heterocycles. The van der Waals surface area contributed by atoms with Crippen molar-refractivity contribution in [1.82, 2.24) is 4.98 Å². The summed E-state index contributed by atoms with van der Waals surface area (Å²) in [5.74, 6) is 0.515. The van der Waals surface area contributed by atoms with Gasteiger partial charge in [0.2, 0.25) is 5.91 Å². The van der Waals surface area contributed by atoms with Crippen LogP contribution < -0.4 is 16.4 Å². The summed E-state index contributed by atoms with van der Waals surface area (Å²) in [4.78, 5) is 15.6. The second-order valence-corrected chi connectivity index (χ2v) is 5.04. The van der Waals surface area contributed by atoms with Crippen LogP contribution >= 0.6 is 12.2 Å². The van der Waals surface area contributed by atoms with E-state index < -0.39 is 0 Å². The van der Waals surface area contributed by atoms with Gasteiger partial charge in [-0.3, -0.25) is 4.79 Å². The largest absolute Gasteiger partial charge is 0.389 e. The number of rotatable bonds is 4. The Morgan fingerprint density at radius 3 is 2.38 bits per heavy atom. The average molecular weight is 300 g/mol. The van der Waals surface area contributed by atoms with E-state index in [1.807, 2.05) is 25.1 Å². The summed E-state index contributed by atoms with van der Waals surface area (Å²) in [5, 5.41) is 5.90. The summed E-state index contributed by atoms with van der Waals surface area (Å²) in [6.45, 7) is 3.40. The maximum absolute atomic E-state index is 11.0. The summed E-state index contributed by atoms with van der Waals surface area (Å²) < 4.78 is 0. The number of aromatic nitrogens is 1. The molecule has 2 rings (SSSR count). The fourth-order valence-electron chi connectivity index (χ4n) is 1.94. The molecule has 1 aromatic heterocycles. The lowest BCUT2D eigenvalue weighted by atomic mass is 10.1. The Labute approximate surface area is 128 Å². The van der Waals surface area contributed by atoms with E-state index in [1.165, 1.54) is 6.92 Å². The van der Waals surface area contributed by atoms with Gasteiger partial charge in [-0.1, -0.05) is 12.2 Å². The molecule has 2 aromatic rings. The van der Waals surface area contributed by atoms with E-state index in [2.05, 4.69) is 15.6 Å². The third-order valence-corrected chi connectivity index (χ3v) is 3.08. The van der Waals surface area contributed by atoms with Crippen LogP contribution in [0.3, 0.4) is 0 Å². The van der Waals surface area contributed by atoms with E-state index in [0.29, 0.717) is 10.8 Å². The predicted octanol–water partition coefficient (Wildman–Crippen LogP) is 2.73. The lowest BCUT2D eigenvalue weighted by Crippen LogP contribution is -2.14. The smallest absolute Gasteiger partial charge is 0.221 e. The summed E-state index contributed by atoms with van der Waals surface area (Å²) >= 11 is 5.07. The number of nitrogens with zero attached hydrogens (tertiary/aromatic N) is 1. The number of amides is 1. The molecule has 0 atom stereocenters. The van der Waals surface area contributed by atoms with Gasteiger partial charge in [-0.2, -0.15) is 0 Å². The van der Waals surface area contributed by atoms with Gasteiger partial charge in [0.05, 0.1) is 5.56 Å². The third-order valence-electron chi connectivity index (χ3n) is 2.87. The van der Waals surface area contributed by atoms with Gasteiger partial charge in [-0.15, -0.1) is 0 Å². The first-order chi connectivity index (χ1) is 9.97. The van der Waals surface area contributed by atoms with Crippen molar-refractivity contribution in [2.45, 2.75) is 13.8 Å². The molecule has 0 aliphatic carbocycles. The van der Waals surface area contributed by atoms with Crippen molar-refractivity contribution in [2.75, 3.05) is 10.6 Å². The van der Waals surface area contributed by atoms with Crippen LogP contribution in [-0.4, -0.2) is 15.9 Å². The number of aryl methyl sites for hydroxylation is 1. The van der Waals surface area contributed by atoms with Gasteiger partial charge in [0, 0.05) is 24.5 Å². The minimum Gasteiger partial charge on any atom is -0.389 e. The highest BCUT2D eigenvalue weighted by Gasteiger charge is 2.10. The van der Waals surface area contributed by atoms with Crippen LogP contribution in [0.2, 0.25) is 0 Å². The molecule has 0 saturated carbocycles. The quantitative estimate of drug-likeness (QED) is 0.757. The number of nitrogens with one attached hydrogen (secondary N) is 2. The Morgan fingerprint density at radius 1 is 1.19 bits per heavy atom. The number of hydrogen-bond donors (Lipinski definition) is 3. The summed E-state index contributed by atoms with van der Waals surface area (Å²) in [7, 11) is 0. The number of pyridine rings is 1. The monoisotopic (exact) mass is 300 g/mol. The maximum Gasteiger partial charge on any atom is 0.221 e. The molecule has 0 fully saturated rings. The van der Waals surface area contributed by atoms with E-state index in [1.54, 1.807) is 18.3 Å². The van der Waals surface area contributed by atoms with Crippen molar-refractivity contribution < 1.29 is 4.79 Å². The van der Waals surface area contributed by atoms with E-state index in [9.17, 15) is 4.79 Å². The minimum absolute atomic E-state index is 0.105. The van der Waals surface area contributed by atoms with Crippen molar-refractivity contribution >= 4 is 40.3 Å². The molecule has 4 N–H and O–H groups in total. The fraction of sp³-hybridized carbons (Fsp3) is 0.133. The zero-order valence-corrected chi connectivity index (χ0v) is 12.6. The normalized spacial score (nSPS) is 10.0. The van der Waals surface area contributed by atoms with Crippen molar-refractivity contribution in [2.24, 2.45) is 5.73 Å². The molecule has 1 aromatic carbocycles. The molecule has 0 unspecified atom stereocenters. The molecular weight excluding hydrogens is 284 g/mol. The van der Waals surface area contributed by atoms with Crippen molar-refractivity contribution in [3.05, 3.63) is 47.7 Å². The first-order valence-electron chi connectivity index (χ1n) is 6.37. The van der Waals surface area contributed by atoms with Gasteiger partial charge in [0.25, 0.3) is 0 Å². The first kappa shape index (κ1) is 14.9. The first-order valence-corrected chi connectivity index (χ1v) is 6.78. The van der Waals surface area contributed by atoms with E-state index >= 15 is 0 Å². The highest BCUT2D eigenvalue weighted by Crippen LogP contribution is 2.22. The Kier molecular flexibility index (Phi) is 4.49. The van der Waals surface area contributed by atoms with Crippen LogP contribution in [0, 0.1) is 6.92 Å². The van der Waals surface area contributed by atoms with Crippen LogP contribution in [0.25, 0.3) is 0 Å². The molecule has 1 amide bonds. The Morgan fingerprint density at radius 2 is 1.81 bits per heavy atom. The average Bonchev–Trinajstić information content (AvgIpc) is 2.40. The predicted molar refractivity (Wildman–Crippen MR) is 88.9 cm³/mol. The highest BCUT2D eigenvalue weighted by atomic mass is 32.1. The van der Waals surface area contributed by atoms with Crippen molar-refractivity contribution in [3.63, 3.8) is 0 Å². The van der Waals surface area contributed by atoms with Gasteiger partial charge < -0.3 is 16.4 Å². The number of benzene rings is 1. The van der Waals surface area contributed by atoms with Crippen LogP contribution in [0.5, 0.6) is 0 Å². The molecule has 0 radical (unpaired) electrons.